The molecular formula is C24H34N2O2. The number of hydrogen-bond donors (Lipinski definition) is 1. The molecule has 0 fully saturated rings. The van der Waals surface area contributed by atoms with Crippen LogP contribution in [0.5, 0.6) is 0 Å². The van der Waals surface area contributed by atoms with Crippen molar-refractivity contribution in [3.05, 3.63) is 71.5 Å². The molecule has 0 bridgehead atoms. The van der Waals surface area contributed by atoms with Crippen LogP contribution in [0.3, 0.4) is 0 Å². The standard InChI is InChI=1S/C24H34N2O2/c1-8-25-17-26(7)22-14-15-24(5,6)21(20(22)4)13-12-18(2)10-9-11-19(3)16-23(27)28/h8-13,16-17,22H,1,14-15H2,2-7H3,(H,27,28)/b11-9+,13-12+,18-10+,19-16+,25-17?. The number of nitrogens with zero attached hydrogens (tertiary/aromatic N) is 2. The van der Waals surface area contributed by atoms with Crippen molar-refractivity contribution in [1.82, 2.24) is 4.90 Å². The van der Waals surface area contributed by atoms with Crippen LogP contribution in [0.1, 0.15) is 47.5 Å². The van der Waals surface area contributed by atoms with Crippen LogP contribution in [0.2, 0.25) is 0 Å². The molecule has 0 aromatic carbocycles. The fraction of sp³-hybridized carbons (Fsp3) is 0.417. The molecular weight excluding hydrogens is 348 g/mol. The number of carboxylic acids is 1. The van der Waals surface area contributed by atoms with E-state index in [0.29, 0.717) is 11.6 Å². The lowest BCUT2D eigenvalue weighted by Gasteiger charge is -2.40. The molecule has 0 saturated heterocycles. The summed E-state index contributed by atoms with van der Waals surface area (Å²) in [5.74, 6) is -0.928. The molecule has 1 atom stereocenters. The van der Waals surface area contributed by atoms with E-state index < -0.39 is 5.97 Å². The second-order valence-corrected chi connectivity index (χ2v) is 7.98. The maximum Gasteiger partial charge on any atom is 0.328 e. The highest BCUT2D eigenvalue weighted by atomic mass is 16.4. The van der Waals surface area contributed by atoms with Gasteiger partial charge in [-0.1, -0.05) is 56.4 Å². The monoisotopic (exact) mass is 382 g/mol. The highest BCUT2D eigenvalue weighted by molar-refractivity contribution is 5.81. The summed E-state index contributed by atoms with van der Waals surface area (Å²) in [5, 5.41) is 8.74. The van der Waals surface area contributed by atoms with E-state index in [2.05, 4.69) is 56.4 Å². The van der Waals surface area contributed by atoms with Gasteiger partial charge in [0.25, 0.3) is 0 Å². The minimum absolute atomic E-state index is 0.129. The van der Waals surface area contributed by atoms with E-state index in [0.717, 1.165) is 18.4 Å². The van der Waals surface area contributed by atoms with Crippen LogP contribution in [0.4, 0.5) is 0 Å². The minimum Gasteiger partial charge on any atom is -0.478 e. The summed E-state index contributed by atoms with van der Waals surface area (Å²) < 4.78 is 0. The average molecular weight is 383 g/mol. The molecule has 4 heteroatoms. The first-order valence-corrected chi connectivity index (χ1v) is 9.60. The zero-order chi connectivity index (χ0) is 21.3. The molecule has 0 heterocycles. The summed E-state index contributed by atoms with van der Waals surface area (Å²) in [6.45, 7) is 14.3. The van der Waals surface area contributed by atoms with Gasteiger partial charge in [-0.05, 0) is 55.7 Å². The SMILES string of the molecule is C=CN=CN(C)C1CCC(C)(C)C(/C=C/C(C)=C/C=C/C(C)=C/C(=O)O)=C1C. The summed E-state index contributed by atoms with van der Waals surface area (Å²) >= 11 is 0. The van der Waals surface area contributed by atoms with Gasteiger partial charge >= 0.3 is 5.97 Å². The van der Waals surface area contributed by atoms with Gasteiger partial charge in [0.05, 0.1) is 12.4 Å². The van der Waals surface area contributed by atoms with Crippen LogP contribution < -0.4 is 0 Å². The van der Waals surface area contributed by atoms with Crippen molar-refractivity contribution in [1.29, 1.82) is 0 Å². The van der Waals surface area contributed by atoms with Crippen molar-refractivity contribution in [3.63, 3.8) is 0 Å². The summed E-state index contributed by atoms with van der Waals surface area (Å²) in [6.07, 6.45) is 16.8. The average Bonchev–Trinajstić information content (AvgIpc) is 2.58. The van der Waals surface area contributed by atoms with Gasteiger partial charge < -0.3 is 10.0 Å². The Hall–Kier alpha value is -2.62. The van der Waals surface area contributed by atoms with E-state index in [-0.39, 0.29) is 5.41 Å². The lowest BCUT2D eigenvalue weighted by Crippen LogP contribution is -2.38. The second-order valence-electron chi connectivity index (χ2n) is 7.98. The molecule has 1 aliphatic rings. The highest BCUT2D eigenvalue weighted by Crippen LogP contribution is 2.42. The lowest BCUT2D eigenvalue weighted by molar-refractivity contribution is -0.131. The van der Waals surface area contributed by atoms with Crippen LogP contribution >= 0.6 is 0 Å². The van der Waals surface area contributed by atoms with E-state index in [4.69, 9.17) is 5.11 Å². The minimum atomic E-state index is -0.928. The van der Waals surface area contributed by atoms with Crippen LogP contribution in [0.15, 0.2) is 76.5 Å². The molecule has 4 nitrogen and oxygen atoms in total. The molecule has 28 heavy (non-hydrogen) atoms. The third-order valence-corrected chi connectivity index (χ3v) is 5.12. The van der Waals surface area contributed by atoms with Crippen molar-refractivity contribution in [2.24, 2.45) is 10.4 Å². The Balaban J connectivity index is 3.05. The third-order valence-electron chi connectivity index (χ3n) is 5.12. The van der Waals surface area contributed by atoms with Gasteiger partial charge in [0.1, 0.15) is 0 Å². The smallest absolute Gasteiger partial charge is 0.328 e. The number of carboxylic acid groups (broad SMARTS) is 1. The van der Waals surface area contributed by atoms with Gasteiger partial charge in [-0.3, -0.25) is 0 Å². The first-order valence-electron chi connectivity index (χ1n) is 9.60. The molecule has 1 N–H and O–H groups in total. The topological polar surface area (TPSA) is 52.9 Å². The first kappa shape index (κ1) is 23.4. The largest absolute Gasteiger partial charge is 0.478 e. The fourth-order valence-electron chi connectivity index (χ4n) is 3.53. The van der Waals surface area contributed by atoms with Crippen LogP contribution in [-0.2, 0) is 4.79 Å². The van der Waals surface area contributed by atoms with Gasteiger partial charge in [-0.25, -0.2) is 9.79 Å². The molecule has 0 radical (unpaired) electrons. The lowest BCUT2D eigenvalue weighted by atomic mass is 9.70. The number of aliphatic imine (C=N–C) groups is 1. The first-order chi connectivity index (χ1) is 13.1. The zero-order valence-electron chi connectivity index (χ0n) is 18.1. The molecule has 0 saturated carbocycles. The van der Waals surface area contributed by atoms with E-state index in [1.165, 1.54) is 17.2 Å². The Morgan fingerprint density at radius 3 is 2.57 bits per heavy atom. The number of rotatable bonds is 8. The maximum atomic E-state index is 10.7. The Morgan fingerprint density at radius 2 is 1.96 bits per heavy atom. The molecule has 152 valence electrons. The summed E-state index contributed by atoms with van der Waals surface area (Å²) in [6, 6.07) is 0.337. The number of likely N-dealkylation sites (N-methyl/N-ethyl adjacent to an activating group) is 1. The van der Waals surface area contributed by atoms with E-state index >= 15 is 0 Å². The molecule has 0 aliphatic heterocycles. The Labute approximate surface area is 170 Å². The van der Waals surface area contributed by atoms with Crippen molar-refractivity contribution in [2.45, 2.75) is 53.5 Å². The van der Waals surface area contributed by atoms with Crippen molar-refractivity contribution >= 4 is 12.3 Å². The molecule has 0 amide bonds. The van der Waals surface area contributed by atoms with Crippen LogP contribution in [0.25, 0.3) is 0 Å². The zero-order valence-corrected chi connectivity index (χ0v) is 18.1. The Kier molecular flexibility index (Phi) is 8.90. The van der Waals surface area contributed by atoms with Gasteiger partial charge in [0, 0.05) is 19.3 Å². The van der Waals surface area contributed by atoms with Gasteiger partial charge in [-0.2, -0.15) is 0 Å². The summed E-state index contributed by atoms with van der Waals surface area (Å²) in [7, 11) is 2.06. The number of carbonyl (C=O) groups is 1. The predicted octanol–water partition coefficient (Wildman–Crippen LogP) is 5.68. The van der Waals surface area contributed by atoms with Crippen molar-refractivity contribution in [3.8, 4) is 0 Å². The van der Waals surface area contributed by atoms with Crippen molar-refractivity contribution < 1.29 is 9.90 Å². The van der Waals surface area contributed by atoms with Crippen molar-refractivity contribution in [2.75, 3.05) is 7.05 Å². The third kappa shape index (κ3) is 7.18. The van der Waals surface area contributed by atoms with E-state index in [9.17, 15) is 4.79 Å². The summed E-state index contributed by atoms with van der Waals surface area (Å²) in [5.41, 5.74) is 4.68. The number of allylic oxidation sites excluding steroid dienone is 8. The summed E-state index contributed by atoms with van der Waals surface area (Å²) in [4.78, 5) is 17.0. The number of aliphatic carboxylic acids is 1. The normalized spacial score (nSPS) is 21.1. The second kappa shape index (κ2) is 10.6. The molecule has 0 spiro atoms. The van der Waals surface area contributed by atoms with Crippen LogP contribution in [0, 0.1) is 5.41 Å². The van der Waals surface area contributed by atoms with Gasteiger partial charge in [0.15, 0.2) is 0 Å². The Morgan fingerprint density at radius 1 is 1.29 bits per heavy atom. The molecule has 1 unspecified atom stereocenters. The van der Waals surface area contributed by atoms with E-state index in [1.807, 2.05) is 25.4 Å². The number of hydrogen-bond acceptors (Lipinski definition) is 2. The predicted molar refractivity (Wildman–Crippen MR) is 119 cm³/mol. The maximum absolute atomic E-state index is 10.7. The molecule has 0 aromatic heterocycles. The highest BCUT2D eigenvalue weighted by Gasteiger charge is 2.33. The van der Waals surface area contributed by atoms with Crippen LogP contribution in [-0.4, -0.2) is 35.4 Å². The fourth-order valence-corrected chi connectivity index (χ4v) is 3.53. The van der Waals surface area contributed by atoms with Gasteiger partial charge in [0.2, 0.25) is 0 Å². The van der Waals surface area contributed by atoms with Gasteiger partial charge in [-0.15, -0.1) is 0 Å². The molecule has 1 aliphatic carbocycles. The molecule has 1 rings (SSSR count). The molecule has 0 aromatic rings. The quantitative estimate of drug-likeness (QED) is 0.254. The van der Waals surface area contributed by atoms with E-state index in [1.54, 1.807) is 19.2 Å². The Bertz CT molecular complexity index is 761.